The molecule has 2 atom stereocenters. The predicted molar refractivity (Wildman–Crippen MR) is 60.7 cm³/mol. The van der Waals surface area contributed by atoms with Crippen LogP contribution in [0.25, 0.3) is 0 Å². The third-order valence-electron chi connectivity index (χ3n) is 3.00. The maximum absolute atomic E-state index is 9.49. The number of nitrogens with two attached hydrogens (primary N) is 1. The number of aliphatic hydroxyl groups excluding tert-OH is 1. The molecule has 1 fully saturated rings. The van der Waals surface area contributed by atoms with E-state index >= 15 is 0 Å². The first-order chi connectivity index (χ1) is 7.16. The first-order valence-electron chi connectivity index (χ1n) is 5.31. The van der Waals surface area contributed by atoms with Crippen LogP contribution in [0, 0.1) is 5.92 Å². The topological polar surface area (TPSA) is 62.4 Å². The molecule has 0 aromatic carbocycles. The molecule has 2 rings (SSSR count). The number of rotatable bonds is 2. The van der Waals surface area contributed by atoms with E-state index < -0.39 is 0 Å². The van der Waals surface area contributed by atoms with E-state index in [1.165, 1.54) is 0 Å². The number of nitrogen functional groups attached to an aromatic ring is 1. The number of hydrogen-bond donors (Lipinski definition) is 2. The Labute approximate surface area is 89.7 Å². The fraction of sp³-hybridized carbons (Fsp3) is 0.545. The summed E-state index contributed by atoms with van der Waals surface area (Å²) in [4.78, 5) is 6.46. The standard InChI is InChI=1S/C11H17N3O/c1-8(15)9-4-5-14(7-9)11-3-2-10(12)6-13-11/h2-3,6,8-9,15H,4-5,7,12H2,1H3. The highest BCUT2D eigenvalue weighted by Gasteiger charge is 2.26. The Bertz CT molecular complexity index is 323. The van der Waals surface area contributed by atoms with Gasteiger partial charge in [0.2, 0.25) is 0 Å². The summed E-state index contributed by atoms with van der Waals surface area (Å²) in [5.74, 6) is 1.32. The van der Waals surface area contributed by atoms with Gasteiger partial charge in [0, 0.05) is 19.0 Å². The summed E-state index contributed by atoms with van der Waals surface area (Å²) in [5, 5.41) is 9.49. The Morgan fingerprint density at radius 1 is 1.60 bits per heavy atom. The van der Waals surface area contributed by atoms with Crippen LogP contribution < -0.4 is 10.6 Å². The fourth-order valence-corrected chi connectivity index (χ4v) is 1.97. The summed E-state index contributed by atoms with van der Waals surface area (Å²) in [6, 6.07) is 3.79. The van der Waals surface area contributed by atoms with Crippen LogP contribution in [-0.2, 0) is 0 Å². The Morgan fingerprint density at radius 2 is 2.40 bits per heavy atom. The molecule has 0 radical (unpaired) electrons. The van der Waals surface area contributed by atoms with Crippen molar-refractivity contribution >= 4 is 11.5 Å². The van der Waals surface area contributed by atoms with E-state index in [2.05, 4.69) is 9.88 Å². The number of aromatic nitrogens is 1. The first kappa shape index (κ1) is 10.2. The monoisotopic (exact) mass is 207 g/mol. The minimum atomic E-state index is -0.233. The second kappa shape index (κ2) is 4.06. The lowest BCUT2D eigenvalue weighted by Gasteiger charge is -2.18. The van der Waals surface area contributed by atoms with Crippen LogP contribution in [0.1, 0.15) is 13.3 Å². The molecular formula is C11H17N3O. The van der Waals surface area contributed by atoms with Crippen LogP contribution in [0.3, 0.4) is 0 Å². The van der Waals surface area contributed by atoms with Crippen molar-refractivity contribution < 1.29 is 5.11 Å². The van der Waals surface area contributed by atoms with E-state index in [0.717, 1.165) is 25.3 Å². The van der Waals surface area contributed by atoms with Crippen molar-refractivity contribution in [3.05, 3.63) is 18.3 Å². The van der Waals surface area contributed by atoms with Gasteiger partial charge in [0.15, 0.2) is 0 Å². The molecule has 1 aliphatic rings. The summed E-state index contributed by atoms with van der Waals surface area (Å²) in [6.45, 7) is 3.70. The van der Waals surface area contributed by atoms with E-state index in [-0.39, 0.29) is 6.10 Å². The summed E-state index contributed by atoms with van der Waals surface area (Å²) >= 11 is 0. The molecule has 0 bridgehead atoms. The van der Waals surface area contributed by atoms with E-state index in [0.29, 0.717) is 11.6 Å². The SMILES string of the molecule is CC(O)C1CCN(c2ccc(N)cn2)C1. The number of anilines is 2. The zero-order valence-electron chi connectivity index (χ0n) is 8.93. The van der Waals surface area contributed by atoms with Crippen molar-refractivity contribution in [1.82, 2.24) is 4.98 Å². The molecule has 0 saturated carbocycles. The van der Waals surface area contributed by atoms with Gasteiger partial charge >= 0.3 is 0 Å². The van der Waals surface area contributed by atoms with Gasteiger partial charge < -0.3 is 15.7 Å². The highest BCUT2D eigenvalue weighted by molar-refractivity contribution is 5.46. The Hall–Kier alpha value is -1.29. The Balaban J connectivity index is 2.04. The third-order valence-corrected chi connectivity index (χ3v) is 3.00. The van der Waals surface area contributed by atoms with Gasteiger partial charge in [-0.05, 0) is 25.5 Å². The molecule has 15 heavy (non-hydrogen) atoms. The Kier molecular flexibility index (Phi) is 2.77. The summed E-state index contributed by atoms with van der Waals surface area (Å²) in [6.07, 6.45) is 2.47. The highest BCUT2D eigenvalue weighted by Crippen LogP contribution is 2.24. The van der Waals surface area contributed by atoms with E-state index in [1.807, 2.05) is 19.1 Å². The second-order valence-corrected chi connectivity index (χ2v) is 4.19. The highest BCUT2D eigenvalue weighted by atomic mass is 16.3. The molecule has 0 spiro atoms. The van der Waals surface area contributed by atoms with Crippen molar-refractivity contribution in [2.75, 3.05) is 23.7 Å². The molecule has 0 aliphatic carbocycles. The fourth-order valence-electron chi connectivity index (χ4n) is 1.97. The maximum atomic E-state index is 9.49. The van der Waals surface area contributed by atoms with Gasteiger partial charge in [0.1, 0.15) is 5.82 Å². The normalized spacial score (nSPS) is 23.1. The molecule has 4 heteroatoms. The van der Waals surface area contributed by atoms with E-state index in [9.17, 15) is 5.11 Å². The minimum Gasteiger partial charge on any atom is -0.397 e. The molecule has 2 unspecified atom stereocenters. The van der Waals surface area contributed by atoms with Gasteiger partial charge in [-0.1, -0.05) is 0 Å². The summed E-state index contributed by atoms with van der Waals surface area (Å²) in [7, 11) is 0. The van der Waals surface area contributed by atoms with Gasteiger partial charge in [-0.15, -0.1) is 0 Å². The zero-order valence-corrected chi connectivity index (χ0v) is 8.93. The van der Waals surface area contributed by atoms with Crippen LogP contribution in [0.15, 0.2) is 18.3 Å². The molecule has 1 saturated heterocycles. The van der Waals surface area contributed by atoms with Gasteiger partial charge in [0.25, 0.3) is 0 Å². The van der Waals surface area contributed by atoms with Crippen molar-refractivity contribution in [2.24, 2.45) is 5.92 Å². The van der Waals surface area contributed by atoms with Crippen LogP contribution in [0.2, 0.25) is 0 Å². The van der Waals surface area contributed by atoms with Crippen molar-refractivity contribution in [1.29, 1.82) is 0 Å². The van der Waals surface area contributed by atoms with Crippen molar-refractivity contribution in [3.63, 3.8) is 0 Å². The Morgan fingerprint density at radius 3 is 2.93 bits per heavy atom. The van der Waals surface area contributed by atoms with Crippen LogP contribution in [-0.4, -0.2) is 29.3 Å². The molecule has 3 N–H and O–H groups in total. The van der Waals surface area contributed by atoms with Crippen LogP contribution >= 0.6 is 0 Å². The average molecular weight is 207 g/mol. The molecule has 0 amide bonds. The van der Waals surface area contributed by atoms with E-state index in [4.69, 9.17) is 5.73 Å². The quantitative estimate of drug-likeness (QED) is 0.755. The average Bonchev–Trinajstić information content (AvgIpc) is 2.68. The number of aliphatic hydroxyl groups is 1. The first-order valence-corrected chi connectivity index (χ1v) is 5.31. The smallest absolute Gasteiger partial charge is 0.128 e. The lowest BCUT2D eigenvalue weighted by Crippen LogP contribution is -2.24. The zero-order chi connectivity index (χ0) is 10.8. The van der Waals surface area contributed by atoms with Gasteiger partial charge in [-0.3, -0.25) is 0 Å². The van der Waals surface area contributed by atoms with E-state index in [1.54, 1.807) is 6.20 Å². The van der Waals surface area contributed by atoms with Crippen molar-refractivity contribution in [2.45, 2.75) is 19.4 Å². The summed E-state index contributed by atoms with van der Waals surface area (Å²) in [5.41, 5.74) is 6.27. The van der Waals surface area contributed by atoms with Gasteiger partial charge in [-0.25, -0.2) is 4.98 Å². The summed E-state index contributed by atoms with van der Waals surface area (Å²) < 4.78 is 0. The largest absolute Gasteiger partial charge is 0.397 e. The van der Waals surface area contributed by atoms with Crippen LogP contribution in [0.5, 0.6) is 0 Å². The lowest BCUT2D eigenvalue weighted by atomic mass is 10.0. The molecule has 1 aromatic heterocycles. The second-order valence-electron chi connectivity index (χ2n) is 4.19. The molecular weight excluding hydrogens is 190 g/mol. The maximum Gasteiger partial charge on any atom is 0.128 e. The third kappa shape index (κ3) is 2.21. The minimum absolute atomic E-state index is 0.233. The molecule has 1 aliphatic heterocycles. The lowest BCUT2D eigenvalue weighted by molar-refractivity contribution is 0.136. The van der Waals surface area contributed by atoms with Gasteiger partial charge in [-0.2, -0.15) is 0 Å². The van der Waals surface area contributed by atoms with Gasteiger partial charge in [0.05, 0.1) is 18.0 Å². The molecule has 4 nitrogen and oxygen atoms in total. The predicted octanol–water partition coefficient (Wildman–Crippen LogP) is 0.871. The molecule has 82 valence electrons. The number of hydrogen-bond acceptors (Lipinski definition) is 4. The van der Waals surface area contributed by atoms with Crippen molar-refractivity contribution in [3.8, 4) is 0 Å². The molecule has 2 heterocycles. The molecule has 1 aromatic rings. The van der Waals surface area contributed by atoms with Crippen LogP contribution in [0.4, 0.5) is 11.5 Å². The number of nitrogens with zero attached hydrogens (tertiary/aromatic N) is 2. The number of pyridine rings is 1.